The zero-order valence-corrected chi connectivity index (χ0v) is 16.1. The van der Waals surface area contributed by atoms with Crippen LogP contribution in [-0.2, 0) is 30.5 Å². The Kier molecular flexibility index (Phi) is 7.22. The molecule has 2 N–H and O–H groups in total. The Morgan fingerprint density at radius 1 is 1.07 bits per heavy atom. The van der Waals surface area contributed by atoms with Gasteiger partial charge in [-0.05, 0) is 30.3 Å². The molecule has 0 radical (unpaired) electrons. The van der Waals surface area contributed by atoms with Crippen LogP contribution in [0.1, 0.15) is 5.56 Å². The molecule has 0 fully saturated rings. The smallest absolute Gasteiger partial charge is 0.416 e. The van der Waals surface area contributed by atoms with Crippen molar-refractivity contribution >= 4 is 39.2 Å². The first-order valence-corrected chi connectivity index (χ1v) is 9.72. The molecule has 0 aromatic heterocycles. The van der Waals surface area contributed by atoms with Crippen LogP contribution in [0.4, 0.5) is 18.9 Å². The number of benzene rings is 2. The number of esters is 1. The summed E-state index contributed by atoms with van der Waals surface area (Å²) in [7, 11) is -4.40. The molecule has 0 aliphatic carbocycles. The number of carbonyl (C=O) groups is 2. The Morgan fingerprint density at radius 2 is 1.76 bits per heavy atom. The quantitative estimate of drug-likeness (QED) is 0.632. The third-order valence-electron chi connectivity index (χ3n) is 3.39. The standard InChI is InChI=1S/C17H14ClF3N2O5S/c18-13-6-1-2-7-14(13)23-15(24)10-28-16(25)9-22-29(26,27)12-5-3-4-11(8-12)17(19,20)21/h1-8,22H,9-10H2,(H,23,24). The number of carbonyl (C=O) groups excluding carboxylic acids is 2. The highest BCUT2D eigenvalue weighted by atomic mass is 35.5. The van der Waals surface area contributed by atoms with E-state index in [2.05, 4.69) is 10.1 Å². The van der Waals surface area contributed by atoms with Crippen LogP contribution < -0.4 is 10.0 Å². The lowest BCUT2D eigenvalue weighted by atomic mass is 10.2. The molecule has 2 aromatic rings. The highest BCUT2D eigenvalue weighted by Gasteiger charge is 2.31. The molecule has 12 heteroatoms. The summed E-state index contributed by atoms with van der Waals surface area (Å²) in [5.41, 5.74) is -0.861. The molecule has 0 bridgehead atoms. The van der Waals surface area contributed by atoms with Gasteiger partial charge >= 0.3 is 12.1 Å². The maximum absolute atomic E-state index is 12.7. The maximum atomic E-state index is 12.7. The van der Waals surface area contributed by atoms with Crippen LogP contribution in [0.15, 0.2) is 53.4 Å². The van der Waals surface area contributed by atoms with Crippen molar-refractivity contribution in [1.29, 1.82) is 0 Å². The third-order valence-corrected chi connectivity index (χ3v) is 5.12. The number of alkyl halides is 3. The fourth-order valence-electron chi connectivity index (χ4n) is 2.02. The van der Waals surface area contributed by atoms with E-state index in [4.69, 9.17) is 11.6 Å². The summed E-state index contributed by atoms with van der Waals surface area (Å²) in [5.74, 6) is -1.82. The Bertz CT molecular complexity index is 1010. The number of para-hydroxylation sites is 1. The molecule has 0 aliphatic rings. The number of sulfonamides is 1. The molecule has 1 amide bonds. The number of amides is 1. The molecular weight excluding hydrogens is 437 g/mol. The van der Waals surface area contributed by atoms with E-state index in [1.165, 1.54) is 12.1 Å². The number of hydrogen-bond acceptors (Lipinski definition) is 5. The van der Waals surface area contributed by atoms with E-state index in [-0.39, 0.29) is 5.02 Å². The van der Waals surface area contributed by atoms with Gasteiger partial charge in [-0.3, -0.25) is 9.59 Å². The van der Waals surface area contributed by atoms with E-state index in [1.54, 1.807) is 12.1 Å². The summed E-state index contributed by atoms with van der Waals surface area (Å²) in [5, 5.41) is 2.66. The summed E-state index contributed by atoms with van der Waals surface area (Å²) in [4.78, 5) is 22.7. The van der Waals surface area contributed by atoms with Crippen LogP contribution in [0.25, 0.3) is 0 Å². The topological polar surface area (TPSA) is 102 Å². The molecule has 0 atom stereocenters. The molecule has 0 unspecified atom stereocenters. The molecule has 2 rings (SSSR count). The lowest BCUT2D eigenvalue weighted by molar-refractivity contribution is -0.146. The number of rotatable bonds is 7. The third kappa shape index (κ3) is 6.73. The molecule has 0 saturated heterocycles. The second-order valence-corrected chi connectivity index (χ2v) is 7.71. The van der Waals surface area contributed by atoms with Gasteiger partial charge in [-0.2, -0.15) is 17.9 Å². The van der Waals surface area contributed by atoms with Crippen molar-refractivity contribution in [3.8, 4) is 0 Å². The molecule has 0 aliphatic heterocycles. The number of nitrogens with one attached hydrogen (secondary N) is 2. The lowest BCUT2D eigenvalue weighted by Gasteiger charge is -2.10. The summed E-state index contributed by atoms with van der Waals surface area (Å²) in [6.45, 7) is -1.59. The zero-order chi connectivity index (χ0) is 21.7. The molecule has 0 heterocycles. The van der Waals surface area contributed by atoms with Crippen molar-refractivity contribution in [2.24, 2.45) is 0 Å². The lowest BCUT2D eigenvalue weighted by Crippen LogP contribution is -2.32. The largest absolute Gasteiger partial charge is 0.455 e. The fraction of sp³-hybridized carbons (Fsp3) is 0.176. The van der Waals surface area contributed by atoms with E-state index in [9.17, 15) is 31.2 Å². The monoisotopic (exact) mass is 450 g/mol. The molecule has 0 saturated carbocycles. The van der Waals surface area contributed by atoms with Gasteiger partial charge in [-0.25, -0.2) is 8.42 Å². The first-order valence-electron chi connectivity index (χ1n) is 7.86. The van der Waals surface area contributed by atoms with Crippen LogP contribution >= 0.6 is 11.6 Å². The van der Waals surface area contributed by atoms with Crippen molar-refractivity contribution in [1.82, 2.24) is 4.72 Å². The molecule has 7 nitrogen and oxygen atoms in total. The van der Waals surface area contributed by atoms with E-state index in [0.29, 0.717) is 17.8 Å². The molecule has 29 heavy (non-hydrogen) atoms. The van der Waals surface area contributed by atoms with Crippen molar-refractivity contribution in [3.63, 3.8) is 0 Å². The van der Waals surface area contributed by atoms with Gasteiger partial charge in [0, 0.05) is 0 Å². The van der Waals surface area contributed by atoms with Gasteiger partial charge in [0.1, 0.15) is 6.54 Å². The van der Waals surface area contributed by atoms with Gasteiger partial charge in [0.25, 0.3) is 5.91 Å². The summed E-state index contributed by atoms with van der Waals surface area (Å²) >= 11 is 5.86. The van der Waals surface area contributed by atoms with Crippen LogP contribution in [0.5, 0.6) is 0 Å². The second-order valence-electron chi connectivity index (χ2n) is 5.54. The van der Waals surface area contributed by atoms with Gasteiger partial charge in [0.2, 0.25) is 10.0 Å². The zero-order valence-electron chi connectivity index (χ0n) is 14.5. The number of ether oxygens (including phenoxy) is 1. The summed E-state index contributed by atoms with van der Waals surface area (Å²) < 4.78 is 68.6. The SMILES string of the molecule is O=C(COC(=O)CNS(=O)(=O)c1cccc(C(F)(F)F)c1)Nc1ccccc1Cl. The van der Waals surface area contributed by atoms with E-state index in [0.717, 1.165) is 12.1 Å². The first kappa shape index (κ1) is 22.7. The van der Waals surface area contributed by atoms with Gasteiger partial charge in [-0.1, -0.05) is 29.8 Å². The predicted molar refractivity (Wildman–Crippen MR) is 97.7 cm³/mol. The summed E-state index contributed by atoms with van der Waals surface area (Å²) in [6.07, 6.45) is -4.72. The van der Waals surface area contributed by atoms with Gasteiger partial charge in [0.05, 0.1) is 21.2 Å². The second kappa shape index (κ2) is 9.25. The van der Waals surface area contributed by atoms with Crippen molar-refractivity contribution in [2.75, 3.05) is 18.5 Å². The van der Waals surface area contributed by atoms with Gasteiger partial charge in [-0.15, -0.1) is 0 Å². The number of halogens is 4. The van der Waals surface area contributed by atoms with Crippen molar-refractivity contribution in [3.05, 3.63) is 59.1 Å². The minimum Gasteiger partial charge on any atom is -0.455 e. The van der Waals surface area contributed by atoms with Crippen molar-refractivity contribution in [2.45, 2.75) is 11.1 Å². The van der Waals surface area contributed by atoms with Crippen LogP contribution in [0.2, 0.25) is 5.02 Å². The fourth-order valence-corrected chi connectivity index (χ4v) is 3.22. The van der Waals surface area contributed by atoms with Gasteiger partial charge < -0.3 is 10.1 Å². The Labute approximate surface area is 168 Å². The molecule has 2 aromatic carbocycles. The van der Waals surface area contributed by atoms with Gasteiger partial charge in [0.15, 0.2) is 6.61 Å². The summed E-state index contributed by atoms with van der Waals surface area (Å²) in [6, 6.07) is 9.34. The van der Waals surface area contributed by atoms with Crippen LogP contribution in [0, 0.1) is 0 Å². The van der Waals surface area contributed by atoms with Crippen molar-refractivity contribution < 1.29 is 35.9 Å². The van der Waals surface area contributed by atoms with E-state index < -0.39 is 51.7 Å². The van der Waals surface area contributed by atoms with E-state index in [1.807, 2.05) is 4.72 Å². The first-order chi connectivity index (χ1) is 13.5. The molecule has 156 valence electrons. The minimum absolute atomic E-state index is 0.265. The molecular formula is C17H14ClF3N2O5S. The van der Waals surface area contributed by atoms with Crippen LogP contribution in [-0.4, -0.2) is 33.4 Å². The predicted octanol–water partition coefficient (Wildman–Crippen LogP) is 2.82. The average Bonchev–Trinajstić information content (AvgIpc) is 2.66. The number of anilines is 1. The normalized spacial score (nSPS) is 11.7. The average molecular weight is 451 g/mol. The highest BCUT2D eigenvalue weighted by Crippen LogP contribution is 2.30. The number of hydrogen-bond donors (Lipinski definition) is 2. The molecule has 0 spiro atoms. The maximum Gasteiger partial charge on any atom is 0.416 e. The van der Waals surface area contributed by atoms with E-state index >= 15 is 0 Å². The highest BCUT2D eigenvalue weighted by molar-refractivity contribution is 7.89. The minimum atomic E-state index is -4.72. The van der Waals surface area contributed by atoms with Crippen LogP contribution in [0.3, 0.4) is 0 Å². The Morgan fingerprint density at radius 3 is 2.41 bits per heavy atom. The Hall–Kier alpha value is -2.63. The Balaban J connectivity index is 1.88.